The van der Waals surface area contributed by atoms with Crippen LogP contribution in [-0.4, -0.2) is 62.7 Å². The van der Waals surface area contributed by atoms with E-state index in [1.807, 2.05) is 13.0 Å². The third-order valence-corrected chi connectivity index (χ3v) is 5.00. The Morgan fingerprint density at radius 2 is 2.08 bits per heavy atom. The molecule has 0 saturated carbocycles. The number of ether oxygens (including phenoxy) is 3. The maximum Gasteiger partial charge on any atom is 0.231 e. The van der Waals surface area contributed by atoms with Crippen molar-refractivity contribution in [1.29, 1.82) is 0 Å². The molecule has 0 aromatic heterocycles. The Labute approximate surface area is 155 Å². The quantitative estimate of drug-likeness (QED) is 0.539. The third-order valence-electron chi connectivity index (χ3n) is 4.59. The largest absolute Gasteiger partial charge is 0.454 e. The number of benzene rings is 1. The highest BCUT2D eigenvalue weighted by atomic mass is 32.1. The first-order chi connectivity index (χ1) is 12.3. The molecule has 0 bridgehead atoms. The molecule has 0 spiro atoms. The van der Waals surface area contributed by atoms with E-state index >= 15 is 0 Å². The average molecular weight is 367 g/mol. The topological polar surface area (TPSA) is 47.4 Å². The van der Waals surface area contributed by atoms with Crippen molar-refractivity contribution in [2.45, 2.75) is 19.9 Å². The number of hydrogen-bond donors (Lipinski definition) is 2. The fourth-order valence-corrected chi connectivity index (χ4v) is 3.45. The van der Waals surface area contributed by atoms with E-state index in [2.05, 4.69) is 22.3 Å². The van der Waals surface area contributed by atoms with Crippen LogP contribution in [-0.2, 0) is 11.3 Å². The van der Waals surface area contributed by atoms with Crippen molar-refractivity contribution in [2.24, 2.45) is 0 Å². The van der Waals surface area contributed by atoms with Gasteiger partial charge in [-0.2, -0.15) is 0 Å². The highest BCUT2D eigenvalue weighted by molar-refractivity contribution is 7.80. The molecule has 0 amide bonds. The number of piperazine rings is 1. The normalized spacial score (nSPS) is 16.9. The second-order valence-corrected chi connectivity index (χ2v) is 6.77. The Bertz CT molecular complexity index is 577. The van der Waals surface area contributed by atoms with Gasteiger partial charge in [-0.25, -0.2) is 0 Å². The van der Waals surface area contributed by atoms with Crippen LogP contribution in [0.1, 0.15) is 18.9 Å². The van der Waals surface area contributed by atoms with Crippen LogP contribution in [0.15, 0.2) is 18.2 Å². The van der Waals surface area contributed by atoms with Crippen LogP contribution in [0.5, 0.6) is 11.5 Å². The molecule has 2 aliphatic heterocycles. The third kappa shape index (κ3) is 5.20. The molecule has 138 valence electrons. The second kappa shape index (κ2) is 9.22. The summed E-state index contributed by atoms with van der Waals surface area (Å²) in [7, 11) is 0. The van der Waals surface area contributed by atoms with Crippen molar-refractivity contribution in [3.8, 4) is 11.5 Å². The number of rotatable bonds is 7. The van der Waals surface area contributed by atoms with E-state index in [4.69, 9.17) is 26.4 Å². The Balaban J connectivity index is 1.37. The van der Waals surface area contributed by atoms with Crippen molar-refractivity contribution in [2.75, 3.05) is 52.7 Å². The standard InChI is InChI=1S/C18H27N3O3S/c1-2-22-11-3-6-19-18(25)21-9-7-20(8-10-21)13-15-4-5-16-17(12-15)24-14-23-16/h4-5,12H,2-3,6-11,13-14H2,1H3,(H,19,25)/p+1. The van der Waals surface area contributed by atoms with Gasteiger partial charge in [0.05, 0.1) is 26.2 Å². The maximum atomic E-state index is 5.51. The van der Waals surface area contributed by atoms with E-state index in [0.717, 1.165) is 75.5 Å². The summed E-state index contributed by atoms with van der Waals surface area (Å²) < 4.78 is 16.2. The van der Waals surface area contributed by atoms with Crippen LogP contribution in [0.2, 0.25) is 0 Å². The number of quaternary nitrogens is 1. The molecule has 0 atom stereocenters. The summed E-state index contributed by atoms with van der Waals surface area (Å²) in [5.41, 5.74) is 1.30. The predicted octanol–water partition coefficient (Wildman–Crippen LogP) is 0.417. The molecular formula is C18H28N3O3S+. The van der Waals surface area contributed by atoms with Crippen LogP contribution >= 0.6 is 12.2 Å². The van der Waals surface area contributed by atoms with Gasteiger partial charge in [0.15, 0.2) is 16.6 Å². The smallest absolute Gasteiger partial charge is 0.231 e. The average Bonchev–Trinajstić information content (AvgIpc) is 3.10. The molecule has 2 N–H and O–H groups in total. The van der Waals surface area contributed by atoms with Crippen LogP contribution in [0.4, 0.5) is 0 Å². The molecule has 1 saturated heterocycles. The first-order valence-corrected chi connectivity index (χ1v) is 9.49. The lowest BCUT2D eigenvalue weighted by molar-refractivity contribution is -0.917. The zero-order valence-electron chi connectivity index (χ0n) is 14.9. The SMILES string of the molecule is CCOCCCNC(=S)N1CC[NH+](Cc2ccc3c(c2)OCO3)CC1. The molecule has 0 radical (unpaired) electrons. The lowest BCUT2D eigenvalue weighted by atomic mass is 10.1. The van der Waals surface area contributed by atoms with Gasteiger partial charge in [0, 0.05) is 25.3 Å². The summed E-state index contributed by atoms with van der Waals surface area (Å²) in [6.45, 7) is 9.99. The molecule has 0 unspecified atom stereocenters. The lowest BCUT2D eigenvalue weighted by Crippen LogP contribution is -3.13. The molecule has 3 rings (SSSR count). The highest BCUT2D eigenvalue weighted by Gasteiger charge is 2.22. The Morgan fingerprint density at radius 1 is 1.28 bits per heavy atom. The molecule has 7 heteroatoms. The summed E-state index contributed by atoms with van der Waals surface area (Å²) >= 11 is 5.51. The number of fused-ring (bicyclic) bond motifs is 1. The monoisotopic (exact) mass is 366 g/mol. The van der Waals surface area contributed by atoms with Gasteiger partial charge in [-0.1, -0.05) is 0 Å². The predicted molar refractivity (Wildman–Crippen MR) is 100 cm³/mol. The van der Waals surface area contributed by atoms with Gasteiger partial charge in [0.25, 0.3) is 0 Å². The Hall–Kier alpha value is -1.57. The number of nitrogens with one attached hydrogen (secondary N) is 2. The first-order valence-electron chi connectivity index (χ1n) is 9.09. The summed E-state index contributed by atoms with van der Waals surface area (Å²) in [5, 5.41) is 4.22. The van der Waals surface area contributed by atoms with E-state index in [0.29, 0.717) is 6.79 Å². The van der Waals surface area contributed by atoms with Crippen LogP contribution in [0.25, 0.3) is 0 Å². The molecule has 2 aliphatic rings. The lowest BCUT2D eigenvalue weighted by Gasteiger charge is -2.34. The zero-order chi connectivity index (χ0) is 17.5. The van der Waals surface area contributed by atoms with Gasteiger partial charge in [-0.15, -0.1) is 0 Å². The number of hydrogen-bond acceptors (Lipinski definition) is 4. The zero-order valence-corrected chi connectivity index (χ0v) is 15.7. The molecule has 2 heterocycles. The minimum atomic E-state index is 0.333. The summed E-state index contributed by atoms with van der Waals surface area (Å²) in [4.78, 5) is 3.85. The van der Waals surface area contributed by atoms with Crippen molar-refractivity contribution in [1.82, 2.24) is 10.2 Å². The van der Waals surface area contributed by atoms with Crippen LogP contribution < -0.4 is 19.7 Å². The van der Waals surface area contributed by atoms with Crippen molar-refractivity contribution in [3.63, 3.8) is 0 Å². The molecule has 25 heavy (non-hydrogen) atoms. The van der Waals surface area contributed by atoms with E-state index < -0.39 is 0 Å². The molecular weight excluding hydrogens is 338 g/mol. The van der Waals surface area contributed by atoms with E-state index in [1.165, 1.54) is 5.56 Å². The fourth-order valence-electron chi connectivity index (χ4n) is 3.17. The second-order valence-electron chi connectivity index (χ2n) is 6.38. The van der Waals surface area contributed by atoms with E-state index in [9.17, 15) is 0 Å². The molecule has 0 aliphatic carbocycles. The maximum absolute atomic E-state index is 5.51. The molecule has 1 aromatic carbocycles. The molecule has 1 aromatic rings. The number of thiocarbonyl (C=S) groups is 1. The van der Waals surface area contributed by atoms with Gasteiger partial charge in [-0.3, -0.25) is 0 Å². The Kier molecular flexibility index (Phi) is 6.72. The minimum absolute atomic E-state index is 0.333. The van der Waals surface area contributed by atoms with Crippen LogP contribution in [0.3, 0.4) is 0 Å². The number of nitrogens with zero attached hydrogens (tertiary/aromatic N) is 1. The van der Waals surface area contributed by atoms with Gasteiger partial charge >= 0.3 is 0 Å². The van der Waals surface area contributed by atoms with Crippen molar-refractivity contribution in [3.05, 3.63) is 23.8 Å². The first kappa shape index (κ1) is 18.2. The van der Waals surface area contributed by atoms with Crippen LogP contribution in [0, 0.1) is 0 Å². The van der Waals surface area contributed by atoms with Gasteiger partial charge in [-0.05, 0) is 43.8 Å². The molecule has 6 nitrogen and oxygen atoms in total. The van der Waals surface area contributed by atoms with Crippen molar-refractivity contribution >= 4 is 17.3 Å². The summed E-state index contributed by atoms with van der Waals surface area (Å²) in [6, 6.07) is 6.25. The highest BCUT2D eigenvalue weighted by Crippen LogP contribution is 2.32. The summed E-state index contributed by atoms with van der Waals surface area (Å²) in [5.74, 6) is 1.72. The molecule has 1 fully saturated rings. The summed E-state index contributed by atoms with van der Waals surface area (Å²) in [6.07, 6.45) is 0.989. The van der Waals surface area contributed by atoms with E-state index in [-0.39, 0.29) is 0 Å². The van der Waals surface area contributed by atoms with Gasteiger partial charge in [0.1, 0.15) is 6.54 Å². The van der Waals surface area contributed by atoms with Gasteiger partial charge < -0.3 is 29.3 Å². The minimum Gasteiger partial charge on any atom is -0.454 e. The van der Waals surface area contributed by atoms with Gasteiger partial charge in [0.2, 0.25) is 6.79 Å². The van der Waals surface area contributed by atoms with Crippen molar-refractivity contribution < 1.29 is 19.1 Å². The van der Waals surface area contributed by atoms with E-state index in [1.54, 1.807) is 4.90 Å². The Morgan fingerprint density at radius 3 is 2.88 bits per heavy atom. The fraction of sp³-hybridized carbons (Fsp3) is 0.611.